The molecule has 4 heteroatoms. The molecular formula is C14H28O4. The van der Waals surface area contributed by atoms with Crippen molar-refractivity contribution < 1.29 is 20.1 Å². The van der Waals surface area contributed by atoms with Crippen molar-refractivity contribution in [3.63, 3.8) is 0 Å². The van der Waals surface area contributed by atoms with E-state index in [1.165, 1.54) is 12.8 Å². The summed E-state index contributed by atoms with van der Waals surface area (Å²) in [4.78, 5) is 9.00. The fourth-order valence-electron chi connectivity index (χ4n) is 3.16. The third-order valence-corrected chi connectivity index (χ3v) is 4.75. The summed E-state index contributed by atoms with van der Waals surface area (Å²) in [7, 11) is 0. The van der Waals surface area contributed by atoms with Crippen LogP contribution in [0.2, 0.25) is 0 Å². The Hall–Kier alpha value is -0.610. The van der Waals surface area contributed by atoms with Crippen molar-refractivity contribution in [2.45, 2.75) is 60.0 Å². The second-order valence-corrected chi connectivity index (χ2v) is 5.96. The van der Waals surface area contributed by atoms with Crippen LogP contribution in [0.25, 0.3) is 0 Å². The number of hydrogen-bond acceptors (Lipinski definition) is 3. The SMILES string of the molecule is CC(=O)O.CC1(C)C2CCC1(C)C(O)C2.CCO. The van der Waals surface area contributed by atoms with Gasteiger partial charge < -0.3 is 15.3 Å². The summed E-state index contributed by atoms with van der Waals surface area (Å²) >= 11 is 0. The molecule has 0 heterocycles. The summed E-state index contributed by atoms with van der Waals surface area (Å²) in [5.41, 5.74) is 0.601. The zero-order valence-corrected chi connectivity index (χ0v) is 12.2. The van der Waals surface area contributed by atoms with Gasteiger partial charge in [-0.3, -0.25) is 4.79 Å². The highest BCUT2D eigenvalue weighted by Gasteiger charge is 2.60. The van der Waals surface area contributed by atoms with Gasteiger partial charge in [0.1, 0.15) is 0 Å². The zero-order valence-electron chi connectivity index (χ0n) is 12.2. The summed E-state index contributed by atoms with van der Waals surface area (Å²) in [6, 6.07) is 0. The van der Waals surface area contributed by atoms with E-state index in [4.69, 9.17) is 15.0 Å². The second kappa shape index (κ2) is 6.53. The highest BCUT2D eigenvalue weighted by atomic mass is 16.4. The minimum absolute atomic E-state index is 0.0313. The van der Waals surface area contributed by atoms with Crippen LogP contribution in [0.4, 0.5) is 0 Å². The maximum absolute atomic E-state index is 9.81. The first-order valence-corrected chi connectivity index (χ1v) is 6.61. The van der Waals surface area contributed by atoms with Crippen molar-refractivity contribution in [2.24, 2.45) is 16.7 Å². The third-order valence-electron chi connectivity index (χ3n) is 4.75. The quantitative estimate of drug-likeness (QED) is 0.624. The van der Waals surface area contributed by atoms with Crippen LogP contribution >= 0.6 is 0 Å². The van der Waals surface area contributed by atoms with E-state index in [2.05, 4.69) is 20.8 Å². The molecule has 0 aliphatic heterocycles. The summed E-state index contributed by atoms with van der Waals surface area (Å²) in [6.07, 6.45) is 3.58. The van der Waals surface area contributed by atoms with Gasteiger partial charge in [-0.25, -0.2) is 0 Å². The number of aliphatic hydroxyl groups is 2. The maximum atomic E-state index is 9.81. The molecule has 3 N–H and O–H groups in total. The molecule has 4 nitrogen and oxygen atoms in total. The lowest BCUT2D eigenvalue weighted by molar-refractivity contribution is -0.134. The molecule has 2 saturated carbocycles. The molecule has 0 aromatic heterocycles. The molecule has 3 atom stereocenters. The van der Waals surface area contributed by atoms with E-state index in [-0.39, 0.29) is 18.1 Å². The van der Waals surface area contributed by atoms with Crippen LogP contribution in [0, 0.1) is 16.7 Å². The maximum Gasteiger partial charge on any atom is 0.300 e. The Morgan fingerprint density at radius 3 is 1.83 bits per heavy atom. The zero-order chi connectivity index (χ0) is 14.6. The van der Waals surface area contributed by atoms with Crippen LogP contribution in [-0.4, -0.2) is 34.0 Å². The predicted octanol–water partition coefficient (Wildman–Crippen LogP) is 2.28. The molecule has 3 unspecified atom stereocenters. The van der Waals surface area contributed by atoms with Gasteiger partial charge in [-0.1, -0.05) is 20.8 Å². The van der Waals surface area contributed by atoms with Gasteiger partial charge in [0, 0.05) is 13.5 Å². The van der Waals surface area contributed by atoms with Crippen molar-refractivity contribution in [1.29, 1.82) is 0 Å². The Balaban J connectivity index is 0.000000351. The lowest BCUT2D eigenvalue weighted by Gasteiger charge is -2.36. The third kappa shape index (κ3) is 3.45. The molecule has 2 aliphatic carbocycles. The predicted molar refractivity (Wildman–Crippen MR) is 71.3 cm³/mol. The van der Waals surface area contributed by atoms with Gasteiger partial charge in [0.2, 0.25) is 0 Å². The Kier molecular flexibility index (Phi) is 6.30. The van der Waals surface area contributed by atoms with Gasteiger partial charge in [0.05, 0.1) is 6.10 Å². The molecule has 108 valence electrons. The molecule has 2 bridgehead atoms. The highest BCUT2D eigenvalue weighted by molar-refractivity contribution is 5.62. The first-order chi connectivity index (χ1) is 8.13. The van der Waals surface area contributed by atoms with E-state index < -0.39 is 5.97 Å². The summed E-state index contributed by atoms with van der Waals surface area (Å²) < 4.78 is 0. The van der Waals surface area contributed by atoms with Gasteiger partial charge in [0.15, 0.2) is 0 Å². The molecular weight excluding hydrogens is 232 g/mol. The van der Waals surface area contributed by atoms with Crippen molar-refractivity contribution >= 4 is 5.97 Å². The molecule has 0 saturated heterocycles. The Morgan fingerprint density at radius 1 is 1.33 bits per heavy atom. The molecule has 0 aromatic rings. The molecule has 2 aliphatic rings. The van der Waals surface area contributed by atoms with Crippen molar-refractivity contribution in [2.75, 3.05) is 6.61 Å². The van der Waals surface area contributed by atoms with Gasteiger partial charge in [-0.15, -0.1) is 0 Å². The van der Waals surface area contributed by atoms with Crippen molar-refractivity contribution in [1.82, 2.24) is 0 Å². The first kappa shape index (κ1) is 17.4. The minimum atomic E-state index is -0.833. The lowest BCUT2D eigenvalue weighted by atomic mass is 9.70. The van der Waals surface area contributed by atoms with Gasteiger partial charge in [0.25, 0.3) is 5.97 Å². The Bertz CT molecular complexity index is 271. The van der Waals surface area contributed by atoms with Crippen LogP contribution in [0.1, 0.15) is 53.9 Å². The molecule has 0 radical (unpaired) electrons. The van der Waals surface area contributed by atoms with E-state index in [0.717, 1.165) is 19.3 Å². The number of aliphatic carboxylic acids is 1. The molecule has 0 amide bonds. The topological polar surface area (TPSA) is 77.8 Å². The first-order valence-electron chi connectivity index (χ1n) is 6.61. The average molecular weight is 260 g/mol. The van der Waals surface area contributed by atoms with Crippen LogP contribution in [-0.2, 0) is 4.79 Å². The van der Waals surface area contributed by atoms with E-state index in [1.807, 2.05) is 0 Å². The molecule has 0 spiro atoms. The van der Waals surface area contributed by atoms with Gasteiger partial charge >= 0.3 is 0 Å². The fraction of sp³-hybridized carbons (Fsp3) is 0.929. The lowest BCUT2D eigenvalue weighted by Crippen LogP contribution is -2.35. The molecule has 2 fully saturated rings. The number of hydrogen-bond donors (Lipinski definition) is 3. The van der Waals surface area contributed by atoms with E-state index >= 15 is 0 Å². The monoisotopic (exact) mass is 260 g/mol. The Morgan fingerprint density at radius 2 is 1.72 bits per heavy atom. The molecule has 0 aromatic carbocycles. The number of aliphatic hydroxyl groups excluding tert-OH is 2. The molecule has 2 rings (SSSR count). The van der Waals surface area contributed by atoms with Crippen LogP contribution in [0.15, 0.2) is 0 Å². The average Bonchev–Trinajstić information content (AvgIpc) is 2.51. The largest absolute Gasteiger partial charge is 0.481 e. The van der Waals surface area contributed by atoms with Gasteiger partial charge in [-0.2, -0.15) is 0 Å². The van der Waals surface area contributed by atoms with E-state index in [1.54, 1.807) is 6.92 Å². The fourth-order valence-corrected chi connectivity index (χ4v) is 3.16. The summed E-state index contributed by atoms with van der Waals surface area (Å²) in [5, 5.41) is 24.8. The second-order valence-electron chi connectivity index (χ2n) is 5.96. The summed E-state index contributed by atoms with van der Waals surface area (Å²) in [6.45, 7) is 9.91. The van der Waals surface area contributed by atoms with Gasteiger partial charge in [-0.05, 0) is 42.9 Å². The number of carboxylic acid groups (broad SMARTS) is 1. The van der Waals surface area contributed by atoms with Crippen LogP contribution < -0.4 is 0 Å². The highest BCUT2D eigenvalue weighted by Crippen LogP contribution is 2.65. The Labute approximate surface area is 110 Å². The normalized spacial score (nSPS) is 35.1. The number of carbonyl (C=O) groups is 1. The minimum Gasteiger partial charge on any atom is -0.481 e. The van der Waals surface area contributed by atoms with E-state index in [0.29, 0.717) is 5.41 Å². The molecule has 18 heavy (non-hydrogen) atoms. The number of fused-ring (bicyclic) bond motifs is 2. The van der Waals surface area contributed by atoms with Crippen LogP contribution in [0.3, 0.4) is 0 Å². The smallest absolute Gasteiger partial charge is 0.300 e. The van der Waals surface area contributed by atoms with Crippen LogP contribution in [0.5, 0.6) is 0 Å². The van der Waals surface area contributed by atoms with E-state index in [9.17, 15) is 5.11 Å². The number of rotatable bonds is 0. The van der Waals surface area contributed by atoms with Crippen molar-refractivity contribution in [3.8, 4) is 0 Å². The van der Waals surface area contributed by atoms with Crippen molar-refractivity contribution in [3.05, 3.63) is 0 Å². The number of carboxylic acids is 1. The summed E-state index contributed by atoms with van der Waals surface area (Å²) in [5.74, 6) is -0.0532. The standard InChI is InChI=1S/C10H18O.C2H4O2.C2H6O/c1-9(2)7-4-5-10(9,3)8(11)6-7;1-2(3)4;1-2-3/h7-8,11H,4-6H2,1-3H3;1H3,(H,3,4);3H,2H2,1H3.